The van der Waals surface area contributed by atoms with Crippen LogP contribution in [0, 0.1) is 5.92 Å². The van der Waals surface area contributed by atoms with E-state index in [9.17, 15) is 0 Å². The molecule has 0 aliphatic carbocycles. The average Bonchev–Trinajstić information content (AvgIpc) is 2.59. The van der Waals surface area contributed by atoms with Crippen molar-refractivity contribution < 1.29 is 4.74 Å². The second kappa shape index (κ2) is 5.25. The van der Waals surface area contributed by atoms with Crippen molar-refractivity contribution in [3.05, 3.63) is 11.8 Å². The average molecular weight is 184 g/mol. The topological polar surface area (TPSA) is 47.3 Å². The Labute approximate surface area is 80.3 Å². The highest BCUT2D eigenvalue weighted by Crippen LogP contribution is 2.21. The van der Waals surface area contributed by atoms with Gasteiger partial charge in [-0.25, -0.2) is 5.43 Å². The smallest absolute Gasteiger partial charge is 0.111 e. The van der Waals surface area contributed by atoms with Gasteiger partial charge in [-0.05, 0) is 18.4 Å². The quantitative estimate of drug-likeness (QED) is 0.503. The van der Waals surface area contributed by atoms with Gasteiger partial charge in [0.25, 0.3) is 0 Å². The van der Waals surface area contributed by atoms with Gasteiger partial charge in [-0.15, -0.1) is 0 Å². The highest BCUT2D eigenvalue weighted by atomic mass is 16.5. The van der Waals surface area contributed by atoms with Gasteiger partial charge in [0, 0.05) is 6.42 Å². The summed E-state index contributed by atoms with van der Waals surface area (Å²) in [6, 6.07) is 0.197. The number of hydrogen-bond acceptors (Lipinski definition) is 3. The molecule has 1 heterocycles. The molecular weight excluding hydrogens is 164 g/mol. The Hall–Kier alpha value is -0.540. The highest BCUT2D eigenvalue weighted by molar-refractivity contribution is 5.07. The molecule has 0 fully saturated rings. The van der Waals surface area contributed by atoms with Gasteiger partial charge in [-0.2, -0.15) is 0 Å². The molecule has 0 aromatic heterocycles. The second-order valence-corrected chi connectivity index (χ2v) is 3.65. The molecule has 2 atom stereocenters. The molecule has 76 valence electrons. The summed E-state index contributed by atoms with van der Waals surface area (Å²) in [5.74, 6) is 7.08. The van der Waals surface area contributed by atoms with E-state index in [4.69, 9.17) is 10.6 Å². The van der Waals surface area contributed by atoms with Gasteiger partial charge in [0.1, 0.15) is 5.76 Å². The standard InChI is InChI=1S/C10H20N2O/c1-3-5-8(2)10(12-11)9-6-4-7-13-9/h6,8,10,12H,3-5,7,11H2,1-2H3. The van der Waals surface area contributed by atoms with Crippen LogP contribution in [-0.4, -0.2) is 12.6 Å². The maximum absolute atomic E-state index is 5.51. The summed E-state index contributed by atoms with van der Waals surface area (Å²) >= 11 is 0. The highest BCUT2D eigenvalue weighted by Gasteiger charge is 2.22. The van der Waals surface area contributed by atoms with Crippen LogP contribution in [0.5, 0.6) is 0 Å². The number of rotatable bonds is 5. The van der Waals surface area contributed by atoms with Crippen LogP contribution in [0.2, 0.25) is 0 Å². The Morgan fingerprint density at radius 3 is 2.92 bits per heavy atom. The lowest BCUT2D eigenvalue weighted by Gasteiger charge is -2.23. The third kappa shape index (κ3) is 2.71. The van der Waals surface area contributed by atoms with Crippen molar-refractivity contribution >= 4 is 0 Å². The number of ether oxygens (including phenoxy) is 1. The molecule has 0 saturated heterocycles. The Morgan fingerprint density at radius 2 is 2.46 bits per heavy atom. The fourth-order valence-corrected chi connectivity index (χ4v) is 1.80. The van der Waals surface area contributed by atoms with E-state index in [0.717, 1.165) is 18.8 Å². The Balaban J connectivity index is 2.50. The molecule has 0 bridgehead atoms. The maximum Gasteiger partial charge on any atom is 0.111 e. The van der Waals surface area contributed by atoms with E-state index in [1.807, 2.05) is 0 Å². The fraction of sp³-hybridized carbons (Fsp3) is 0.800. The van der Waals surface area contributed by atoms with Gasteiger partial charge in [0.05, 0.1) is 12.6 Å². The molecule has 1 rings (SSSR count). The van der Waals surface area contributed by atoms with Gasteiger partial charge in [-0.1, -0.05) is 20.3 Å². The molecule has 0 aromatic rings. The van der Waals surface area contributed by atoms with Gasteiger partial charge < -0.3 is 4.74 Å². The normalized spacial score (nSPS) is 20.7. The first-order valence-corrected chi connectivity index (χ1v) is 5.08. The van der Waals surface area contributed by atoms with Crippen LogP contribution in [0.3, 0.4) is 0 Å². The molecule has 1 aliphatic heterocycles. The zero-order chi connectivity index (χ0) is 9.68. The minimum absolute atomic E-state index is 0.197. The first kappa shape index (κ1) is 10.5. The Morgan fingerprint density at radius 1 is 1.69 bits per heavy atom. The van der Waals surface area contributed by atoms with Crippen molar-refractivity contribution in [3.63, 3.8) is 0 Å². The van der Waals surface area contributed by atoms with Crippen molar-refractivity contribution in [1.29, 1.82) is 0 Å². The first-order valence-electron chi connectivity index (χ1n) is 5.08. The third-order valence-electron chi connectivity index (χ3n) is 2.53. The molecule has 3 heteroatoms. The number of hydrazine groups is 1. The molecule has 0 radical (unpaired) electrons. The lowest BCUT2D eigenvalue weighted by Crippen LogP contribution is -2.41. The van der Waals surface area contributed by atoms with Crippen LogP contribution >= 0.6 is 0 Å². The summed E-state index contributed by atoms with van der Waals surface area (Å²) in [7, 11) is 0. The third-order valence-corrected chi connectivity index (χ3v) is 2.53. The first-order chi connectivity index (χ1) is 6.29. The molecular formula is C10H20N2O. The maximum atomic E-state index is 5.51. The van der Waals surface area contributed by atoms with Gasteiger partial charge in [0.15, 0.2) is 0 Å². The molecule has 0 aromatic carbocycles. The summed E-state index contributed by atoms with van der Waals surface area (Å²) in [6.07, 6.45) is 5.52. The predicted molar refractivity (Wildman–Crippen MR) is 53.8 cm³/mol. The monoisotopic (exact) mass is 184 g/mol. The predicted octanol–water partition coefficient (Wildman–Crippen LogP) is 1.56. The molecule has 13 heavy (non-hydrogen) atoms. The molecule has 0 saturated carbocycles. The molecule has 3 nitrogen and oxygen atoms in total. The molecule has 0 amide bonds. The van der Waals surface area contributed by atoms with Crippen LogP contribution in [0.4, 0.5) is 0 Å². The van der Waals surface area contributed by atoms with E-state index in [0.29, 0.717) is 5.92 Å². The number of hydrogen-bond donors (Lipinski definition) is 2. The van der Waals surface area contributed by atoms with Gasteiger partial charge >= 0.3 is 0 Å². The molecule has 0 spiro atoms. The van der Waals surface area contributed by atoms with Crippen LogP contribution in [0.15, 0.2) is 11.8 Å². The van der Waals surface area contributed by atoms with Crippen molar-refractivity contribution in [1.82, 2.24) is 5.43 Å². The zero-order valence-corrected chi connectivity index (χ0v) is 8.55. The van der Waals surface area contributed by atoms with Crippen LogP contribution in [-0.2, 0) is 4.74 Å². The Kier molecular flexibility index (Phi) is 4.25. The van der Waals surface area contributed by atoms with Crippen molar-refractivity contribution in [2.24, 2.45) is 11.8 Å². The van der Waals surface area contributed by atoms with Crippen molar-refractivity contribution in [3.8, 4) is 0 Å². The summed E-state index contributed by atoms with van der Waals surface area (Å²) in [5, 5.41) is 0. The van der Waals surface area contributed by atoms with Gasteiger partial charge in [-0.3, -0.25) is 5.84 Å². The van der Waals surface area contributed by atoms with Crippen molar-refractivity contribution in [2.75, 3.05) is 6.61 Å². The van der Waals surface area contributed by atoms with E-state index in [2.05, 4.69) is 25.3 Å². The summed E-state index contributed by atoms with van der Waals surface area (Å²) in [4.78, 5) is 0. The minimum Gasteiger partial charge on any atom is -0.496 e. The fourth-order valence-electron chi connectivity index (χ4n) is 1.80. The Bertz CT molecular complexity index is 180. The molecule has 2 unspecified atom stereocenters. The van der Waals surface area contributed by atoms with Crippen LogP contribution < -0.4 is 11.3 Å². The van der Waals surface area contributed by atoms with E-state index < -0.39 is 0 Å². The number of nitrogens with two attached hydrogens (primary N) is 1. The summed E-state index contributed by atoms with van der Waals surface area (Å²) in [6.45, 7) is 5.21. The molecule has 3 N–H and O–H groups in total. The van der Waals surface area contributed by atoms with E-state index in [1.54, 1.807) is 0 Å². The lowest BCUT2D eigenvalue weighted by molar-refractivity contribution is 0.193. The van der Waals surface area contributed by atoms with Crippen LogP contribution in [0.1, 0.15) is 33.1 Å². The largest absolute Gasteiger partial charge is 0.496 e. The molecule has 1 aliphatic rings. The van der Waals surface area contributed by atoms with Gasteiger partial charge in [0.2, 0.25) is 0 Å². The van der Waals surface area contributed by atoms with E-state index >= 15 is 0 Å². The zero-order valence-electron chi connectivity index (χ0n) is 8.55. The minimum atomic E-state index is 0.197. The lowest BCUT2D eigenvalue weighted by atomic mass is 9.96. The van der Waals surface area contributed by atoms with Crippen LogP contribution in [0.25, 0.3) is 0 Å². The van der Waals surface area contributed by atoms with E-state index in [-0.39, 0.29) is 6.04 Å². The SMILES string of the molecule is CCCC(C)C(NN)C1=CCCO1. The van der Waals surface area contributed by atoms with E-state index in [1.165, 1.54) is 12.8 Å². The number of nitrogens with one attached hydrogen (secondary N) is 1. The van der Waals surface area contributed by atoms with Crippen molar-refractivity contribution in [2.45, 2.75) is 39.2 Å². The summed E-state index contributed by atoms with van der Waals surface area (Å²) in [5.41, 5.74) is 2.84. The second-order valence-electron chi connectivity index (χ2n) is 3.65. The summed E-state index contributed by atoms with van der Waals surface area (Å²) < 4.78 is 5.49.